The van der Waals surface area contributed by atoms with Crippen LogP contribution in [0.2, 0.25) is 0 Å². The Kier molecular flexibility index (Phi) is 8.56. The number of fused-ring (bicyclic) bond motifs is 1. The normalized spacial score (nSPS) is 12.0. The number of nitrogens with zero attached hydrogens (tertiary/aromatic N) is 2. The van der Waals surface area contributed by atoms with Gasteiger partial charge in [0, 0.05) is 12.7 Å². The van der Waals surface area contributed by atoms with Crippen molar-refractivity contribution in [1.82, 2.24) is 14.7 Å². The molecule has 1 atom stereocenters. The maximum atomic E-state index is 13.9. The number of amides is 1. The number of ether oxygens (including phenoxy) is 1. The molecule has 0 spiro atoms. The number of pyridine rings is 1. The monoisotopic (exact) mass is 473 g/mol. The third-order valence-corrected chi connectivity index (χ3v) is 5.71. The molecule has 1 unspecified atom stereocenters. The number of carbonyl (C=O) groups excluding carboxylic acids is 1. The second-order valence-electron chi connectivity index (χ2n) is 8.30. The SMILES string of the molecule is Cc1nc2c(OCc3c(F)cccc3F)cccn2c1C(=O)NCCCCCCC(C)C(=O)O. The fourth-order valence-corrected chi connectivity index (χ4v) is 3.70. The molecule has 2 aromatic heterocycles. The molecular formula is C25H29F2N3O4. The number of carboxylic acids is 1. The highest BCUT2D eigenvalue weighted by Gasteiger charge is 2.19. The Morgan fingerprint density at radius 3 is 2.53 bits per heavy atom. The number of unbranched alkanes of at least 4 members (excludes halogenated alkanes) is 3. The van der Waals surface area contributed by atoms with Crippen molar-refractivity contribution >= 4 is 17.5 Å². The molecule has 0 radical (unpaired) electrons. The van der Waals surface area contributed by atoms with E-state index < -0.39 is 17.6 Å². The first-order chi connectivity index (χ1) is 16.3. The lowest BCUT2D eigenvalue weighted by Gasteiger charge is -2.10. The number of halogens is 2. The molecule has 2 N–H and O–H groups in total. The highest BCUT2D eigenvalue weighted by Crippen LogP contribution is 2.24. The van der Waals surface area contributed by atoms with Crippen molar-refractivity contribution in [3.63, 3.8) is 0 Å². The molecule has 0 saturated heterocycles. The maximum Gasteiger partial charge on any atom is 0.306 e. The molecule has 0 bridgehead atoms. The van der Waals surface area contributed by atoms with E-state index in [-0.39, 0.29) is 24.0 Å². The predicted octanol–water partition coefficient (Wildman–Crippen LogP) is 4.90. The summed E-state index contributed by atoms with van der Waals surface area (Å²) >= 11 is 0. The van der Waals surface area contributed by atoms with Gasteiger partial charge in [-0.3, -0.25) is 14.0 Å². The van der Waals surface area contributed by atoms with Gasteiger partial charge >= 0.3 is 5.97 Å². The number of nitrogens with one attached hydrogen (secondary N) is 1. The minimum Gasteiger partial charge on any atom is -0.485 e. The van der Waals surface area contributed by atoms with E-state index in [2.05, 4.69) is 10.3 Å². The van der Waals surface area contributed by atoms with Crippen molar-refractivity contribution in [1.29, 1.82) is 0 Å². The van der Waals surface area contributed by atoms with Crippen molar-refractivity contribution in [3.8, 4) is 5.75 Å². The number of hydrogen-bond acceptors (Lipinski definition) is 4. The molecule has 0 aliphatic rings. The molecule has 0 aliphatic heterocycles. The van der Waals surface area contributed by atoms with Crippen LogP contribution in [0.5, 0.6) is 5.75 Å². The predicted molar refractivity (Wildman–Crippen MR) is 123 cm³/mol. The third-order valence-electron chi connectivity index (χ3n) is 5.71. The molecule has 3 rings (SSSR count). The lowest BCUT2D eigenvalue weighted by molar-refractivity contribution is -0.141. The fourth-order valence-electron chi connectivity index (χ4n) is 3.70. The van der Waals surface area contributed by atoms with E-state index in [0.717, 1.165) is 25.7 Å². The Balaban J connectivity index is 1.58. The van der Waals surface area contributed by atoms with Crippen LogP contribution in [0, 0.1) is 24.5 Å². The molecule has 182 valence electrons. The van der Waals surface area contributed by atoms with E-state index in [1.165, 1.54) is 18.2 Å². The average molecular weight is 474 g/mol. The van der Waals surface area contributed by atoms with E-state index in [4.69, 9.17) is 9.84 Å². The van der Waals surface area contributed by atoms with Gasteiger partial charge in [0.15, 0.2) is 11.4 Å². The van der Waals surface area contributed by atoms with Gasteiger partial charge in [0.2, 0.25) is 0 Å². The van der Waals surface area contributed by atoms with Crippen LogP contribution in [0.4, 0.5) is 8.78 Å². The molecule has 9 heteroatoms. The number of aromatic nitrogens is 2. The first-order valence-corrected chi connectivity index (χ1v) is 11.3. The van der Waals surface area contributed by atoms with Gasteiger partial charge < -0.3 is 15.2 Å². The summed E-state index contributed by atoms with van der Waals surface area (Å²) in [5.41, 5.74) is 1.08. The van der Waals surface area contributed by atoms with Crippen molar-refractivity contribution in [2.75, 3.05) is 6.54 Å². The number of carboxylic acid groups (broad SMARTS) is 1. The molecule has 34 heavy (non-hydrogen) atoms. The van der Waals surface area contributed by atoms with E-state index in [1.54, 1.807) is 36.6 Å². The number of aryl methyl sites for hydroxylation is 1. The minimum absolute atomic E-state index is 0.178. The molecule has 3 aromatic rings. The van der Waals surface area contributed by atoms with Gasteiger partial charge in [0.05, 0.1) is 17.2 Å². The molecule has 0 saturated carbocycles. The van der Waals surface area contributed by atoms with Crippen molar-refractivity contribution < 1.29 is 28.2 Å². The topological polar surface area (TPSA) is 92.9 Å². The van der Waals surface area contributed by atoms with Gasteiger partial charge in [-0.1, -0.05) is 32.3 Å². The van der Waals surface area contributed by atoms with Crippen molar-refractivity contribution in [2.24, 2.45) is 5.92 Å². The highest BCUT2D eigenvalue weighted by molar-refractivity contribution is 5.94. The molecule has 7 nitrogen and oxygen atoms in total. The van der Waals surface area contributed by atoms with Crippen LogP contribution in [0.25, 0.3) is 5.65 Å². The number of benzene rings is 1. The van der Waals surface area contributed by atoms with Crippen LogP contribution in [-0.2, 0) is 11.4 Å². The van der Waals surface area contributed by atoms with Crippen LogP contribution in [0.1, 0.15) is 60.8 Å². The van der Waals surface area contributed by atoms with E-state index >= 15 is 0 Å². The Hall–Kier alpha value is -3.49. The van der Waals surface area contributed by atoms with Crippen molar-refractivity contribution in [2.45, 2.75) is 52.6 Å². The first kappa shape index (κ1) is 25.1. The molecule has 0 aliphatic carbocycles. The van der Waals surface area contributed by atoms with Gasteiger partial charge in [0.1, 0.15) is 23.9 Å². The van der Waals surface area contributed by atoms with E-state index in [1.807, 2.05) is 0 Å². The van der Waals surface area contributed by atoms with E-state index in [0.29, 0.717) is 35.8 Å². The molecule has 1 amide bonds. The van der Waals surface area contributed by atoms with Crippen LogP contribution in [-0.4, -0.2) is 32.9 Å². The summed E-state index contributed by atoms with van der Waals surface area (Å²) in [5, 5.41) is 11.8. The van der Waals surface area contributed by atoms with Crippen LogP contribution in [0.3, 0.4) is 0 Å². The summed E-state index contributed by atoms with van der Waals surface area (Å²) in [7, 11) is 0. The maximum absolute atomic E-state index is 13.9. The van der Waals surface area contributed by atoms with Crippen LogP contribution < -0.4 is 10.1 Å². The van der Waals surface area contributed by atoms with Gasteiger partial charge in [-0.25, -0.2) is 13.8 Å². The summed E-state index contributed by atoms with van der Waals surface area (Å²) in [4.78, 5) is 28.1. The summed E-state index contributed by atoms with van der Waals surface area (Å²) in [6, 6.07) is 6.93. The van der Waals surface area contributed by atoms with Gasteiger partial charge in [-0.05, 0) is 44.0 Å². The second kappa shape index (κ2) is 11.6. The van der Waals surface area contributed by atoms with Gasteiger partial charge in [-0.15, -0.1) is 0 Å². The molecular weight excluding hydrogens is 444 g/mol. The minimum atomic E-state index is -0.774. The first-order valence-electron chi connectivity index (χ1n) is 11.3. The average Bonchev–Trinajstić information content (AvgIpc) is 3.14. The summed E-state index contributed by atoms with van der Waals surface area (Å²) in [5.74, 6) is -2.46. The Morgan fingerprint density at radius 1 is 1.12 bits per heavy atom. The largest absolute Gasteiger partial charge is 0.485 e. The summed E-state index contributed by atoms with van der Waals surface area (Å²) in [6.07, 6.45) is 5.76. The smallest absolute Gasteiger partial charge is 0.306 e. The fraction of sp³-hybridized carbons (Fsp3) is 0.400. The molecule has 0 fully saturated rings. The van der Waals surface area contributed by atoms with Crippen molar-refractivity contribution in [3.05, 3.63) is 65.1 Å². The molecule has 2 heterocycles. The zero-order valence-electron chi connectivity index (χ0n) is 19.3. The second-order valence-corrected chi connectivity index (χ2v) is 8.30. The number of aliphatic carboxylic acids is 1. The van der Waals surface area contributed by atoms with E-state index in [9.17, 15) is 18.4 Å². The van der Waals surface area contributed by atoms with Gasteiger partial charge in [-0.2, -0.15) is 0 Å². The van der Waals surface area contributed by atoms with Crippen LogP contribution in [0.15, 0.2) is 36.5 Å². The Morgan fingerprint density at radius 2 is 1.82 bits per heavy atom. The number of carbonyl (C=O) groups is 2. The third kappa shape index (κ3) is 6.09. The zero-order valence-corrected chi connectivity index (χ0v) is 19.3. The quantitative estimate of drug-likeness (QED) is 0.365. The number of rotatable bonds is 12. The Labute approximate surface area is 196 Å². The van der Waals surface area contributed by atoms with Crippen LogP contribution >= 0.6 is 0 Å². The summed E-state index contributed by atoms with van der Waals surface area (Å²) in [6.45, 7) is 3.60. The molecule has 1 aromatic carbocycles. The Bertz CT molecular complexity index is 1140. The summed E-state index contributed by atoms with van der Waals surface area (Å²) < 4.78 is 35.1. The lowest BCUT2D eigenvalue weighted by Crippen LogP contribution is -2.26. The lowest BCUT2D eigenvalue weighted by atomic mass is 10.0. The number of imidazole rings is 1. The highest BCUT2D eigenvalue weighted by atomic mass is 19.1. The zero-order chi connectivity index (χ0) is 24.7. The van der Waals surface area contributed by atoms with Gasteiger partial charge in [0.25, 0.3) is 5.91 Å². The number of hydrogen-bond donors (Lipinski definition) is 2. The standard InChI is InChI=1S/C25H29F2N3O4/c1-16(25(32)33)9-5-3-4-6-13-28-24(31)22-17(2)29-23-21(12-8-14-30(22)23)34-15-18-19(26)10-7-11-20(18)27/h7-8,10-12,14,16H,3-6,9,13,15H2,1-2H3,(H,28,31)(H,32,33).